The van der Waals surface area contributed by atoms with Crippen LogP contribution < -0.4 is 17.0 Å². The quantitative estimate of drug-likeness (QED) is 0.570. The van der Waals surface area contributed by atoms with Crippen molar-refractivity contribution >= 4 is 11.6 Å². The van der Waals surface area contributed by atoms with Crippen molar-refractivity contribution in [3.05, 3.63) is 52.8 Å². The second-order valence-electron chi connectivity index (χ2n) is 5.31. The molecule has 1 aromatic heterocycles. The zero-order chi connectivity index (χ0) is 13.7. The van der Waals surface area contributed by atoms with Crippen molar-refractivity contribution in [1.82, 2.24) is 0 Å². The average Bonchev–Trinajstić information content (AvgIpc) is 2.90. The highest BCUT2D eigenvalue weighted by atomic mass is 35.5. The van der Waals surface area contributed by atoms with Crippen LogP contribution in [-0.2, 0) is 13.0 Å². The van der Waals surface area contributed by atoms with Gasteiger partial charge in [-0.1, -0.05) is 30.7 Å². The van der Waals surface area contributed by atoms with Crippen molar-refractivity contribution in [2.75, 3.05) is 0 Å². The van der Waals surface area contributed by atoms with Gasteiger partial charge >= 0.3 is 0 Å². The molecule has 0 fully saturated rings. The molecular weight excluding hydrogens is 289 g/mol. The lowest BCUT2D eigenvalue weighted by Crippen LogP contribution is -3.00. The first-order chi connectivity index (χ1) is 9.19. The van der Waals surface area contributed by atoms with Crippen LogP contribution in [0.3, 0.4) is 0 Å². The molecule has 1 nitrogen and oxygen atoms in total. The third-order valence-corrected chi connectivity index (χ3v) is 4.11. The van der Waals surface area contributed by atoms with Crippen molar-refractivity contribution in [1.29, 1.82) is 0 Å². The Morgan fingerprint density at radius 1 is 1.45 bits per heavy atom. The summed E-state index contributed by atoms with van der Waals surface area (Å²) in [5, 5.41) is 0.991. The molecule has 1 unspecified atom stereocenters. The summed E-state index contributed by atoms with van der Waals surface area (Å²) in [5.41, 5.74) is 2.65. The highest BCUT2D eigenvalue weighted by molar-refractivity contribution is 6.29. The number of halogens is 2. The van der Waals surface area contributed by atoms with Gasteiger partial charge in [0.25, 0.3) is 0 Å². The van der Waals surface area contributed by atoms with E-state index in [1.165, 1.54) is 24.1 Å². The molecule has 0 amide bonds. The monoisotopic (exact) mass is 311 g/mol. The zero-order valence-electron chi connectivity index (χ0n) is 12.3. The summed E-state index contributed by atoms with van der Waals surface area (Å²) in [6, 6.07) is 4.38. The first-order valence-electron chi connectivity index (χ1n) is 7.19. The number of pyridine rings is 1. The molecule has 0 spiro atoms. The minimum Gasteiger partial charge on any atom is -1.00 e. The van der Waals surface area contributed by atoms with Gasteiger partial charge in [0.15, 0.2) is 18.4 Å². The first-order valence-corrected chi connectivity index (χ1v) is 7.57. The van der Waals surface area contributed by atoms with E-state index in [1.54, 1.807) is 0 Å². The lowest BCUT2D eigenvalue weighted by atomic mass is 10.1. The molecule has 0 saturated carbocycles. The molecule has 0 saturated heterocycles. The predicted molar refractivity (Wildman–Crippen MR) is 81.2 cm³/mol. The third kappa shape index (κ3) is 4.96. The van der Waals surface area contributed by atoms with Gasteiger partial charge in [0, 0.05) is 23.6 Å². The van der Waals surface area contributed by atoms with Gasteiger partial charge in [-0.15, -0.1) is 0 Å². The van der Waals surface area contributed by atoms with Gasteiger partial charge in [-0.3, -0.25) is 0 Å². The topological polar surface area (TPSA) is 3.88 Å². The Hall–Kier alpha value is -0.790. The van der Waals surface area contributed by atoms with Gasteiger partial charge in [-0.05, 0) is 43.7 Å². The Balaban J connectivity index is 0.00000200. The number of allylic oxidation sites excluding steroid dienone is 4. The summed E-state index contributed by atoms with van der Waals surface area (Å²) < 4.78 is 2.27. The Kier molecular flexibility index (Phi) is 7.32. The minimum atomic E-state index is 0. The molecule has 0 aliphatic heterocycles. The largest absolute Gasteiger partial charge is 1.00 e. The maximum atomic E-state index is 6.35. The molecule has 1 aromatic rings. The number of nitrogens with zero attached hydrogens (tertiary/aromatic N) is 1. The summed E-state index contributed by atoms with van der Waals surface area (Å²) in [6.07, 6.45) is 13.5. The van der Waals surface area contributed by atoms with Crippen LogP contribution in [0.25, 0.3) is 0 Å². The maximum Gasteiger partial charge on any atom is 0.178 e. The van der Waals surface area contributed by atoms with E-state index in [2.05, 4.69) is 55.0 Å². The Morgan fingerprint density at radius 2 is 2.25 bits per heavy atom. The molecular formula is C17H23Cl2N. The van der Waals surface area contributed by atoms with E-state index >= 15 is 0 Å². The molecule has 0 N–H and O–H groups in total. The molecule has 0 aromatic carbocycles. The van der Waals surface area contributed by atoms with Gasteiger partial charge in [-0.2, -0.15) is 4.57 Å². The second-order valence-corrected chi connectivity index (χ2v) is 5.79. The number of hydrogen-bond acceptors (Lipinski definition) is 0. The van der Waals surface area contributed by atoms with Crippen molar-refractivity contribution in [2.45, 2.75) is 46.1 Å². The summed E-state index contributed by atoms with van der Waals surface area (Å²) in [7, 11) is 0. The predicted octanol–water partition coefficient (Wildman–Crippen LogP) is 1.33. The van der Waals surface area contributed by atoms with Crippen LogP contribution in [0.15, 0.2) is 41.6 Å². The molecule has 20 heavy (non-hydrogen) atoms. The average molecular weight is 312 g/mol. The van der Waals surface area contributed by atoms with E-state index in [-0.39, 0.29) is 12.4 Å². The van der Waals surface area contributed by atoms with Crippen molar-refractivity contribution in [3.8, 4) is 0 Å². The third-order valence-electron chi connectivity index (χ3n) is 3.80. The molecule has 1 aliphatic carbocycles. The van der Waals surface area contributed by atoms with Crippen LogP contribution in [0, 0.1) is 12.8 Å². The summed E-state index contributed by atoms with van der Waals surface area (Å²) >= 11 is 6.35. The lowest BCUT2D eigenvalue weighted by Gasteiger charge is -2.06. The van der Waals surface area contributed by atoms with Crippen LogP contribution in [-0.4, -0.2) is 0 Å². The van der Waals surface area contributed by atoms with Gasteiger partial charge in [0.05, 0.1) is 0 Å². The van der Waals surface area contributed by atoms with Gasteiger partial charge < -0.3 is 12.4 Å². The van der Waals surface area contributed by atoms with Crippen molar-refractivity contribution in [3.63, 3.8) is 0 Å². The van der Waals surface area contributed by atoms with Crippen LogP contribution in [0.4, 0.5) is 0 Å². The minimum absolute atomic E-state index is 0. The van der Waals surface area contributed by atoms with Crippen molar-refractivity contribution in [2.24, 2.45) is 5.92 Å². The molecule has 0 bridgehead atoms. The van der Waals surface area contributed by atoms with Gasteiger partial charge in [-0.25, -0.2) is 0 Å². The molecule has 1 aliphatic rings. The van der Waals surface area contributed by atoms with Gasteiger partial charge in [0.1, 0.15) is 0 Å². The second kappa shape index (κ2) is 8.49. The first kappa shape index (κ1) is 17.3. The standard InChI is InChI=1S/C17H23ClN.ClH/c1-3-15-9-8-14(2)19(13-15)11-10-17(18)12-16-6-4-5-7-16;/h4,6,8-10,13,16H,3,5,7,11-12H2,1-2H3;1H/q+1;/p-1/b17-10-;. The fraction of sp³-hybridized carbons (Fsp3) is 0.471. The zero-order valence-corrected chi connectivity index (χ0v) is 13.8. The number of rotatable bonds is 5. The Bertz CT molecular complexity index is 492. The summed E-state index contributed by atoms with van der Waals surface area (Å²) in [5.74, 6) is 0.650. The summed E-state index contributed by atoms with van der Waals surface area (Å²) in [6.45, 7) is 5.19. The Morgan fingerprint density at radius 3 is 2.90 bits per heavy atom. The SMILES string of the molecule is CCc1ccc(C)[n+](C/C=C(\Cl)CC2C=CCC2)c1.[Cl-]. The van der Waals surface area contributed by atoms with Crippen LogP contribution in [0.5, 0.6) is 0 Å². The van der Waals surface area contributed by atoms with Crippen LogP contribution in [0.2, 0.25) is 0 Å². The molecule has 0 radical (unpaired) electrons. The highest BCUT2D eigenvalue weighted by Crippen LogP contribution is 2.25. The van der Waals surface area contributed by atoms with E-state index in [4.69, 9.17) is 11.6 Å². The number of aryl methyl sites for hydroxylation is 2. The molecule has 3 heteroatoms. The molecule has 2 rings (SSSR count). The lowest BCUT2D eigenvalue weighted by molar-refractivity contribution is -0.693. The van der Waals surface area contributed by atoms with Gasteiger partial charge in [0.2, 0.25) is 0 Å². The van der Waals surface area contributed by atoms with E-state index < -0.39 is 0 Å². The number of hydrogen-bond donors (Lipinski definition) is 0. The van der Waals surface area contributed by atoms with Crippen molar-refractivity contribution < 1.29 is 17.0 Å². The highest BCUT2D eigenvalue weighted by Gasteiger charge is 2.11. The molecule has 1 atom stereocenters. The fourth-order valence-corrected chi connectivity index (χ4v) is 2.74. The smallest absolute Gasteiger partial charge is 0.178 e. The summed E-state index contributed by atoms with van der Waals surface area (Å²) in [4.78, 5) is 0. The molecule has 1 heterocycles. The Labute approximate surface area is 133 Å². The molecule has 110 valence electrons. The number of aromatic nitrogens is 1. The van der Waals surface area contributed by atoms with Crippen LogP contribution >= 0.6 is 11.6 Å². The fourth-order valence-electron chi connectivity index (χ4n) is 2.47. The van der Waals surface area contributed by atoms with Crippen LogP contribution in [0.1, 0.15) is 37.4 Å². The van der Waals surface area contributed by atoms with E-state index in [0.717, 1.165) is 24.4 Å². The van der Waals surface area contributed by atoms with E-state index in [0.29, 0.717) is 5.92 Å². The normalized spacial score (nSPS) is 18.1. The maximum absolute atomic E-state index is 6.35. The van der Waals surface area contributed by atoms with E-state index in [1.807, 2.05) is 0 Å². The van der Waals surface area contributed by atoms with E-state index in [9.17, 15) is 0 Å².